The fraction of sp³-hybridized carbons (Fsp3) is 0.240. The van der Waals surface area contributed by atoms with E-state index in [4.69, 9.17) is 4.74 Å². The number of nitrogens with zero attached hydrogens (tertiary/aromatic N) is 2. The summed E-state index contributed by atoms with van der Waals surface area (Å²) < 4.78 is 6.13. The van der Waals surface area contributed by atoms with Gasteiger partial charge < -0.3 is 14.7 Å². The van der Waals surface area contributed by atoms with Gasteiger partial charge in [0.1, 0.15) is 11.3 Å². The Morgan fingerprint density at radius 2 is 1.88 bits per heavy atom. The quantitative estimate of drug-likeness (QED) is 0.314. The molecule has 0 amide bonds. The molecular weight excluding hydrogens is 404 g/mol. The molecule has 0 bridgehead atoms. The number of ether oxygens (including phenoxy) is 1. The summed E-state index contributed by atoms with van der Waals surface area (Å²) in [6.45, 7) is 2.15. The van der Waals surface area contributed by atoms with Crippen molar-refractivity contribution in [2.75, 3.05) is 7.11 Å². The fourth-order valence-electron chi connectivity index (χ4n) is 3.70. The maximum atomic E-state index is 13.1. The lowest BCUT2D eigenvalue weighted by molar-refractivity contribution is 0.415. The number of hydrogen-bond acceptors (Lipinski definition) is 4. The van der Waals surface area contributed by atoms with Crippen LogP contribution in [0.4, 0.5) is 0 Å². The van der Waals surface area contributed by atoms with Gasteiger partial charge in [0.15, 0.2) is 0 Å². The first kappa shape index (κ1) is 21.4. The van der Waals surface area contributed by atoms with E-state index in [9.17, 15) is 9.59 Å². The molecule has 7 heteroatoms. The van der Waals surface area contributed by atoms with E-state index in [0.717, 1.165) is 47.0 Å². The van der Waals surface area contributed by atoms with E-state index in [1.807, 2.05) is 42.5 Å². The Morgan fingerprint density at radius 1 is 1.06 bits per heavy atom. The molecule has 0 spiro atoms. The predicted molar refractivity (Wildman–Crippen MR) is 130 cm³/mol. The van der Waals surface area contributed by atoms with Crippen molar-refractivity contribution < 1.29 is 4.74 Å². The highest BCUT2D eigenvalue weighted by atomic mass is 16.5. The molecule has 0 aliphatic heterocycles. The number of fused-ring (bicyclic) bond motifs is 3. The Bertz CT molecular complexity index is 1410. The zero-order valence-corrected chi connectivity index (χ0v) is 18.2. The molecule has 4 aromatic rings. The molecular formula is C25H26N4O3. The van der Waals surface area contributed by atoms with Crippen LogP contribution < -0.4 is 16.0 Å². The van der Waals surface area contributed by atoms with Gasteiger partial charge >= 0.3 is 11.2 Å². The maximum Gasteiger partial charge on any atom is 0.350 e. The number of H-pyrrole nitrogens is 2. The van der Waals surface area contributed by atoms with Gasteiger partial charge in [-0.25, -0.2) is 4.79 Å². The first-order chi connectivity index (χ1) is 15.6. The minimum absolute atomic E-state index is 0.296. The number of hydrogen-bond donors (Lipinski definition) is 2. The van der Waals surface area contributed by atoms with Crippen molar-refractivity contribution in [2.24, 2.45) is 5.10 Å². The zero-order valence-electron chi connectivity index (χ0n) is 18.2. The molecule has 0 aliphatic rings. The number of aromatic nitrogens is 3. The Kier molecular flexibility index (Phi) is 6.35. The van der Waals surface area contributed by atoms with E-state index in [2.05, 4.69) is 22.0 Å². The summed E-state index contributed by atoms with van der Waals surface area (Å²) in [5, 5.41) is 4.97. The molecule has 0 atom stereocenters. The van der Waals surface area contributed by atoms with Gasteiger partial charge in [-0.1, -0.05) is 56.2 Å². The molecule has 0 unspecified atom stereocenters. The van der Waals surface area contributed by atoms with Crippen LogP contribution in [0.3, 0.4) is 0 Å². The summed E-state index contributed by atoms with van der Waals surface area (Å²) >= 11 is 0. The monoisotopic (exact) mass is 430 g/mol. The molecule has 0 saturated heterocycles. The molecule has 0 fully saturated rings. The second kappa shape index (κ2) is 9.51. The summed E-state index contributed by atoms with van der Waals surface area (Å²) in [6.07, 6.45) is 7.67. The zero-order chi connectivity index (χ0) is 22.5. The van der Waals surface area contributed by atoms with Crippen molar-refractivity contribution in [3.63, 3.8) is 0 Å². The molecule has 2 heterocycles. The van der Waals surface area contributed by atoms with Gasteiger partial charge in [-0.3, -0.25) is 4.79 Å². The normalized spacial score (nSPS) is 12.2. The van der Waals surface area contributed by atoms with Crippen LogP contribution in [0.2, 0.25) is 0 Å². The molecule has 32 heavy (non-hydrogen) atoms. The average molecular weight is 431 g/mol. The van der Waals surface area contributed by atoms with Crippen LogP contribution in [-0.4, -0.2) is 28.0 Å². The lowest BCUT2D eigenvalue weighted by atomic mass is 10.1. The number of rotatable bonds is 8. The number of allylic oxidation sites excluding steroid dienone is 1. The topological polar surface area (TPSA) is 92.2 Å². The highest BCUT2D eigenvalue weighted by Crippen LogP contribution is 2.25. The molecule has 0 saturated carbocycles. The van der Waals surface area contributed by atoms with E-state index in [1.54, 1.807) is 25.5 Å². The first-order valence-electron chi connectivity index (χ1n) is 10.8. The third-order valence-electron chi connectivity index (χ3n) is 5.40. The number of benzene rings is 2. The minimum atomic E-state index is -0.588. The summed E-state index contributed by atoms with van der Waals surface area (Å²) in [7, 11) is 1.57. The molecule has 2 aromatic carbocycles. The summed E-state index contributed by atoms with van der Waals surface area (Å²) in [5.41, 5.74) is 2.40. The lowest BCUT2D eigenvalue weighted by Gasteiger charge is -2.03. The second-order valence-electron chi connectivity index (χ2n) is 7.67. The van der Waals surface area contributed by atoms with Crippen molar-refractivity contribution in [3.05, 3.63) is 80.5 Å². The largest absolute Gasteiger partial charge is 0.497 e. The molecule has 164 valence electrons. The van der Waals surface area contributed by atoms with Gasteiger partial charge in [-0.05, 0) is 42.2 Å². The second-order valence-corrected chi connectivity index (χ2v) is 7.67. The van der Waals surface area contributed by atoms with Crippen molar-refractivity contribution >= 4 is 34.2 Å². The molecule has 7 nitrogen and oxygen atoms in total. The molecule has 0 aliphatic carbocycles. The summed E-state index contributed by atoms with van der Waals surface area (Å²) in [5.74, 6) is 0.643. The van der Waals surface area contributed by atoms with Crippen LogP contribution in [0.25, 0.3) is 28.0 Å². The molecule has 2 N–H and O–H groups in total. The van der Waals surface area contributed by atoms with Crippen LogP contribution in [0.5, 0.6) is 5.75 Å². The highest BCUT2D eigenvalue weighted by molar-refractivity contribution is 6.04. The minimum Gasteiger partial charge on any atom is -0.497 e. The van der Waals surface area contributed by atoms with E-state index < -0.39 is 11.2 Å². The van der Waals surface area contributed by atoms with E-state index >= 15 is 0 Å². The predicted octanol–water partition coefficient (Wildman–Crippen LogP) is 4.68. The molecule has 2 aromatic heterocycles. The van der Waals surface area contributed by atoms with Gasteiger partial charge in [0.05, 0.1) is 18.8 Å². The Balaban J connectivity index is 1.75. The van der Waals surface area contributed by atoms with Gasteiger partial charge in [-0.2, -0.15) is 5.10 Å². The van der Waals surface area contributed by atoms with E-state index in [1.165, 1.54) is 0 Å². The number of unbranched alkanes of at least 4 members (excludes halogenated alkanes) is 2. The fourth-order valence-corrected chi connectivity index (χ4v) is 3.70. The summed E-state index contributed by atoms with van der Waals surface area (Å²) in [4.78, 5) is 31.6. The summed E-state index contributed by atoms with van der Waals surface area (Å²) in [6, 6.07) is 15.3. The third-order valence-corrected chi connectivity index (χ3v) is 5.40. The highest BCUT2D eigenvalue weighted by Gasteiger charge is 2.13. The van der Waals surface area contributed by atoms with Crippen LogP contribution in [0.1, 0.15) is 38.2 Å². The van der Waals surface area contributed by atoms with Crippen LogP contribution in [-0.2, 0) is 0 Å². The Hall–Kier alpha value is -3.87. The maximum absolute atomic E-state index is 13.1. The van der Waals surface area contributed by atoms with E-state index in [-0.39, 0.29) is 0 Å². The van der Waals surface area contributed by atoms with Crippen molar-refractivity contribution in [3.8, 4) is 5.75 Å². The van der Waals surface area contributed by atoms with Crippen LogP contribution in [0.15, 0.2) is 68.8 Å². The Morgan fingerprint density at radius 3 is 2.62 bits per heavy atom. The van der Waals surface area contributed by atoms with Gasteiger partial charge in [0.2, 0.25) is 0 Å². The molecule has 4 rings (SSSR count). The van der Waals surface area contributed by atoms with Gasteiger partial charge in [-0.15, -0.1) is 4.68 Å². The Labute approximate surface area is 185 Å². The van der Waals surface area contributed by atoms with E-state index in [0.29, 0.717) is 22.2 Å². The van der Waals surface area contributed by atoms with Crippen LogP contribution in [0, 0.1) is 0 Å². The third kappa shape index (κ3) is 4.42. The smallest absolute Gasteiger partial charge is 0.350 e. The van der Waals surface area contributed by atoms with Gasteiger partial charge in [0.25, 0.3) is 0 Å². The lowest BCUT2D eigenvalue weighted by Crippen LogP contribution is -2.32. The number of nitrogens with one attached hydrogen (secondary N) is 2. The molecule has 0 radical (unpaired) electrons. The standard InChI is InChI=1S/C25H26N4O3/c1-3-4-6-11-18(14-17-9-7-5-8-10-17)16-26-29-24(30)23-22(28-25(29)31)20-15-19(32-2)12-13-21(20)27-23/h5,7-10,12-16,27H,3-4,6,11H2,1-2H3,(H,28,31)/b18-14+,26-16-. The average Bonchev–Trinajstić information content (AvgIpc) is 3.17. The SMILES string of the molecule is CCCCCC(/C=N\n1c(=O)[nH]c2c([nH]c3ccc(OC)cc32)c1=O)=C\c1ccccc1. The van der Waals surface area contributed by atoms with Crippen molar-refractivity contribution in [1.82, 2.24) is 14.6 Å². The van der Waals surface area contributed by atoms with Crippen molar-refractivity contribution in [1.29, 1.82) is 0 Å². The first-order valence-corrected chi connectivity index (χ1v) is 10.8. The van der Waals surface area contributed by atoms with Gasteiger partial charge in [0, 0.05) is 10.9 Å². The van der Waals surface area contributed by atoms with Crippen LogP contribution >= 0.6 is 0 Å². The number of methoxy groups -OCH3 is 1. The van der Waals surface area contributed by atoms with Crippen molar-refractivity contribution in [2.45, 2.75) is 32.6 Å². The number of aromatic amines is 2.